The van der Waals surface area contributed by atoms with Crippen LogP contribution in [0.15, 0.2) is 132 Å². The Bertz CT molecular complexity index is 2450. The predicted octanol–water partition coefficient (Wildman–Crippen LogP) is 9.60. The van der Waals surface area contributed by atoms with Crippen LogP contribution in [0.1, 0.15) is 0 Å². The van der Waals surface area contributed by atoms with Crippen molar-refractivity contribution in [2.45, 2.75) is 0 Å². The highest BCUT2D eigenvalue weighted by Gasteiger charge is 2.16. The number of rotatable bonds is 4. The molecule has 0 aliphatic heterocycles. The van der Waals surface area contributed by atoms with Crippen LogP contribution in [0, 0.1) is 0 Å². The van der Waals surface area contributed by atoms with Crippen LogP contribution in [-0.2, 0) is 0 Å². The molecule has 0 fully saturated rings. The van der Waals surface area contributed by atoms with E-state index in [0.717, 1.165) is 65.4 Å². The molecule has 9 rings (SSSR count). The molecule has 9 aromatic rings. The monoisotopic (exact) mass is 583 g/mol. The van der Waals surface area contributed by atoms with Gasteiger partial charge in [0.15, 0.2) is 17.5 Å². The average Bonchev–Trinajstić information content (AvgIpc) is 3.66. The summed E-state index contributed by atoms with van der Waals surface area (Å²) >= 11 is 1.72. The summed E-state index contributed by atoms with van der Waals surface area (Å²) in [4.78, 5) is 23.3. The van der Waals surface area contributed by atoms with Crippen molar-refractivity contribution in [2.24, 2.45) is 0 Å². The van der Waals surface area contributed by atoms with Gasteiger partial charge in [-0.3, -0.25) is 0 Å². The molecule has 6 nitrogen and oxygen atoms in total. The van der Waals surface area contributed by atoms with Crippen LogP contribution in [0.4, 0.5) is 0 Å². The first-order valence-corrected chi connectivity index (χ1v) is 15.1. The van der Waals surface area contributed by atoms with Gasteiger partial charge in [-0.2, -0.15) is 0 Å². The molecule has 0 saturated heterocycles. The normalized spacial score (nSPS) is 11.6. The maximum Gasteiger partial charge on any atom is 0.164 e. The van der Waals surface area contributed by atoms with Crippen LogP contribution in [0.5, 0.6) is 0 Å². The average molecular weight is 584 g/mol. The first kappa shape index (κ1) is 24.8. The summed E-state index contributed by atoms with van der Waals surface area (Å²) in [6.07, 6.45) is 3.49. The van der Waals surface area contributed by atoms with Crippen LogP contribution in [0.2, 0.25) is 0 Å². The van der Waals surface area contributed by atoms with Gasteiger partial charge < -0.3 is 4.42 Å². The summed E-state index contributed by atoms with van der Waals surface area (Å²) in [5.74, 6) is 1.86. The van der Waals surface area contributed by atoms with Crippen molar-refractivity contribution in [3.8, 4) is 45.3 Å². The maximum atomic E-state index is 6.49. The van der Waals surface area contributed by atoms with Crippen LogP contribution < -0.4 is 0 Å². The van der Waals surface area contributed by atoms with Crippen molar-refractivity contribution < 1.29 is 4.42 Å². The number of nitrogens with zero attached hydrogens (tertiary/aromatic N) is 5. The quantitative estimate of drug-likeness (QED) is 0.205. The zero-order valence-corrected chi connectivity index (χ0v) is 24.0. The summed E-state index contributed by atoms with van der Waals surface area (Å²) < 4.78 is 8.76. The molecule has 0 unspecified atom stereocenters. The highest BCUT2D eigenvalue weighted by atomic mass is 32.1. The Balaban J connectivity index is 1.17. The van der Waals surface area contributed by atoms with Crippen LogP contribution in [0.25, 0.3) is 87.5 Å². The molecule has 0 atom stereocenters. The summed E-state index contributed by atoms with van der Waals surface area (Å²) in [5.41, 5.74) is 7.59. The molecule has 0 aliphatic rings. The molecule has 206 valence electrons. The Morgan fingerprint density at radius 1 is 0.523 bits per heavy atom. The van der Waals surface area contributed by atoms with Gasteiger partial charge in [0.2, 0.25) is 0 Å². The lowest BCUT2D eigenvalue weighted by atomic mass is 10.0. The summed E-state index contributed by atoms with van der Waals surface area (Å²) in [7, 11) is 0. The minimum atomic E-state index is 0.597. The van der Waals surface area contributed by atoms with Gasteiger partial charge in [0.1, 0.15) is 17.5 Å². The largest absolute Gasteiger partial charge is 0.456 e. The van der Waals surface area contributed by atoms with Gasteiger partial charge in [0, 0.05) is 43.7 Å². The standard InChI is InChI=1S/C37H21N5OS/c1-3-8-22(9-4-1)35-40-36(23-10-5-2-6-11-23)42-37(41-35)25-15-17-28-27-16-14-24(18-30(27)43-31(28)19-25)26-12-7-13-29-33-32(44-34(26)29)20-38-21-39-33/h1-21H. The van der Waals surface area contributed by atoms with E-state index in [1.165, 1.54) is 4.70 Å². The van der Waals surface area contributed by atoms with Crippen molar-refractivity contribution in [1.82, 2.24) is 24.9 Å². The van der Waals surface area contributed by atoms with E-state index in [4.69, 9.17) is 19.4 Å². The second-order valence-electron chi connectivity index (χ2n) is 10.6. The smallest absolute Gasteiger partial charge is 0.164 e. The first-order valence-electron chi connectivity index (χ1n) is 14.2. The molecule has 5 aromatic carbocycles. The number of fused-ring (bicyclic) bond motifs is 6. The topological polar surface area (TPSA) is 77.6 Å². The van der Waals surface area contributed by atoms with Crippen molar-refractivity contribution in [3.05, 3.63) is 128 Å². The molecule has 0 N–H and O–H groups in total. The number of furan rings is 1. The SMILES string of the molecule is c1ccc(-c2nc(-c3ccccc3)nc(-c3ccc4c(c3)oc3cc(-c5cccc6c5sc5cncnc56)ccc34)n2)cc1. The number of benzene rings is 5. The lowest BCUT2D eigenvalue weighted by Gasteiger charge is -2.08. The second-order valence-corrected chi connectivity index (χ2v) is 11.6. The van der Waals surface area contributed by atoms with E-state index < -0.39 is 0 Å². The molecule has 0 amide bonds. The van der Waals surface area contributed by atoms with E-state index in [1.54, 1.807) is 17.7 Å². The highest BCUT2D eigenvalue weighted by Crippen LogP contribution is 2.40. The Kier molecular flexibility index (Phi) is 5.57. The second kappa shape index (κ2) is 9.90. The van der Waals surface area contributed by atoms with Gasteiger partial charge in [0.05, 0.1) is 10.2 Å². The Hall–Kier alpha value is -5.79. The molecule has 4 aromatic heterocycles. The Morgan fingerprint density at radius 3 is 1.82 bits per heavy atom. The van der Waals surface area contributed by atoms with Crippen LogP contribution in [0.3, 0.4) is 0 Å². The minimum absolute atomic E-state index is 0.597. The molecule has 4 heterocycles. The van der Waals surface area contributed by atoms with E-state index in [9.17, 15) is 0 Å². The molecular formula is C37H21N5OS. The number of hydrogen-bond donors (Lipinski definition) is 0. The first-order chi connectivity index (χ1) is 21.8. The highest BCUT2D eigenvalue weighted by molar-refractivity contribution is 7.26. The van der Waals surface area contributed by atoms with Gasteiger partial charge in [-0.1, -0.05) is 91.0 Å². The molecule has 44 heavy (non-hydrogen) atoms. The summed E-state index contributed by atoms with van der Waals surface area (Å²) in [6, 6.07) is 39.0. The Labute approximate surface area is 255 Å². The molecular weight excluding hydrogens is 563 g/mol. The van der Waals surface area contributed by atoms with Crippen molar-refractivity contribution in [3.63, 3.8) is 0 Å². The Morgan fingerprint density at radius 2 is 1.14 bits per heavy atom. The van der Waals surface area contributed by atoms with E-state index in [1.807, 2.05) is 72.9 Å². The van der Waals surface area contributed by atoms with Gasteiger partial charge >= 0.3 is 0 Å². The zero-order valence-electron chi connectivity index (χ0n) is 23.2. The fourth-order valence-corrected chi connectivity index (χ4v) is 6.95. The molecule has 0 saturated carbocycles. The molecule has 0 aliphatic carbocycles. The molecule has 0 bridgehead atoms. The summed E-state index contributed by atoms with van der Waals surface area (Å²) in [5, 5.41) is 3.25. The number of hydrogen-bond acceptors (Lipinski definition) is 7. The third-order valence-corrected chi connectivity index (χ3v) is 9.07. The van der Waals surface area contributed by atoms with E-state index in [0.29, 0.717) is 17.5 Å². The maximum absolute atomic E-state index is 6.49. The minimum Gasteiger partial charge on any atom is -0.456 e. The third kappa shape index (κ3) is 4.06. The lowest BCUT2D eigenvalue weighted by Crippen LogP contribution is -2.00. The third-order valence-electron chi connectivity index (χ3n) is 7.90. The molecule has 7 heteroatoms. The molecule has 0 radical (unpaired) electrons. The van der Waals surface area contributed by atoms with Gasteiger partial charge in [-0.25, -0.2) is 24.9 Å². The zero-order chi connectivity index (χ0) is 29.0. The van der Waals surface area contributed by atoms with Crippen LogP contribution >= 0.6 is 11.3 Å². The number of thiophene rings is 1. The van der Waals surface area contributed by atoms with Gasteiger partial charge in [0.25, 0.3) is 0 Å². The van der Waals surface area contributed by atoms with Crippen molar-refractivity contribution in [2.75, 3.05) is 0 Å². The summed E-state index contributed by atoms with van der Waals surface area (Å²) in [6.45, 7) is 0. The van der Waals surface area contributed by atoms with Gasteiger partial charge in [-0.15, -0.1) is 11.3 Å². The number of aromatic nitrogens is 5. The van der Waals surface area contributed by atoms with E-state index in [-0.39, 0.29) is 0 Å². The fraction of sp³-hybridized carbons (Fsp3) is 0. The lowest BCUT2D eigenvalue weighted by molar-refractivity contribution is 0.669. The van der Waals surface area contributed by atoms with E-state index >= 15 is 0 Å². The van der Waals surface area contributed by atoms with Crippen molar-refractivity contribution >= 4 is 53.6 Å². The molecule has 0 spiro atoms. The van der Waals surface area contributed by atoms with Gasteiger partial charge in [-0.05, 0) is 35.4 Å². The predicted molar refractivity (Wildman–Crippen MR) is 177 cm³/mol. The van der Waals surface area contributed by atoms with Crippen molar-refractivity contribution in [1.29, 1.82) is 0 Å². The van der Waals surface area contributed by atoms with Crippen LogP contribution in [-0.4, -0.2) is 24.9 Å². The fourth-order valence-electron chi connectivity index (χ4n) is 5.79. The van der Waals surface area contributed by atoms with E-state index in [2.05, 4.69) is 58.5 Å².